The van der Waals surface area contributed by atoms with Crippen molar-refractivity contribution in [2.24, 2.45) is 0 Å². The van der Waals surface area contributed by atoms with Crippen molar-refractivity contribution in [2.75, 3.05) is 6.61 Å². The lowest BCUT2D eigenvalue weighted by atomic mass is 9.97. The summed E-state index contributed by atoms with van der Waals surface area (Å²) in [6.45, 7) is 2.07. The summed E-state index contributed by atoms with van der Waals surface area (Å²) >= 11 is 0. The monoisotopic (exact) mass is 652 g/mol. The van der Waals surface area contributed by atoms with Crippen LogP contribution in [0.1, 0.15) is 55.3 Å². The van der Waals surface area contributed by atoms with Gasteiger partial charge in [-0.2, -0.15) is 0 Å². The van der Waals surface area contributed by atoms with Crippen molar-refractivity contribution in [2.45, 2.75) is 44.6 Å². The number of carbonyl (C=O) groups is 5. The van der Waals surface area contributed by atoms with E-state index in [9.17, 15) is 24.0 Å². The van der Waals surface area contributed by atoms with Crippen LogP contribution in [0.3, 0.4) is 0 Å². The number of benzene rings is 4. The van der Waals surface area contributed by atoms with Gasteiger partial charge in [0.05, 0.1) is 22.3 Å². The number of carbonyl (C=O) groups excluding carboxylic acids is 5. The lowest BCUT2D eigenvalue weighted by molar-refractivity contribution is -0.276. The molecule has 0 amide bonds. The zero-order valence-corrected chi connectivity index (χ0v) is 26.1. The molecule has 11 nitrogen and oxygen atoms in total. The average Bonchev–Trinajstić information content (AvgIpc) is 3.10. The third kappa shape index (κ3) is 8.31. The van der Waals surface area contributed by atoms with Crippen LogP contribution in [0.25, 0.3) is 0 Å². The zero-order chi connectivity index (χ0) is 34.0. The molecule has 4 aromatic rings. The third-order valence-corrected chi connectivity index (χ3v) is 7.31. The fourth-order valence-corrected chi connectivity index (χ4v) is 4.99. The van der Waals surface area contributed by atoms with Crippen molar-refractivity contribution < 1.29 is 52.4 Å². The van der Waals surface area contributed by atoms with Crippen molar-refractivity contribution >= 4 is 29.7 Å². The van der Waals surface area contributed by atoms with Crippen molar-refractivity contribution in [3.63, 3.8) is 0 Å². The lowest BCUT2D eigenvalue weighted by Crippen LogP contribution is -2.64. The highest BCUT2D eigenvalue weighted by Gasteiger charge is 2.54. The van der Waals surface area contributed by atoms with E-state index in [-0.39, 0.29) is 33.8 Å². The Kier molecular flexibility index (Phi) is 10.9. The molecular weight excluding hydrogens is 620 g/mol. The van der Waals surface area contributed by atoms with Gasteiger partial charge in [0.15, 0.2) is 18.0 Å². The average molecular weight is 653 g/mol. The second-order valence-corrected chi connectivity index (χ2v) is 10.7. The van der Waals surface area contributed by atoms with Crippen LogP contribution in [0.2, 0.25) is 0 Å². The first-order chi connectivity index (χ1) is 23.2. The topological polar surface area (TPSA) is 141 Å². The van der Waals surface area contributed by atoms with Crippen LogP contribution in [0.15, 0.2) is 115 Å². The fourth-order valence-electron chi connectivity index (χ4n) is 4.99. The highest BCUT2D eigenvalue weighted by atomic mass is 16.7. The Hall–Kier alpha value is -5.81. The Morgan fingerprint density at radius 2 is 1.00 bits per heavy atom. The van der Waals surface area contributed by atoms with Crippen molar-refractivity contribution in [1.29, 1.82) is 0 Å². The van der Waals surface area contributed by atoms with E-state index >= 15 is 0 Å². The Labute approximate surface area is 276 Å². The highest BCUT2D eigenvalue weighted by molar-refractivity contribution is 5.96. The lowest BCUT2D eigenvalue weighted by Gasteiger charge is -2.44. The second-order valence-electron chi connectivity index (χ2n) is 10.7. The maximum atomic E-state index is 13.6. The molecule has 48 heavy (non-hydrogen) atoms. The van der Waals surface area contributed by atoms with Crippen LogP contribution < -0.4 is 4.74 Å². The molecule has 1 aliphatic heterocycles. The standard InChI is InChI=1S/C37H32O11/c1-23(38)28-20-12-13-21-29(28)44-37-33(48-36(42)27-18-10-5-11-19-27)32(47-35(41)26-16-8-4-9-17-26)31(30(45-37)22-43-24(2)39)46-34(40)25-14-6-3-7-15-25/h3-21,30-33,37H,22H2,1-2H3/t30-,31-,32+,33-,37-/m1/s1. The summed E-state index contributed by atoms with van der Waals surface area (Å²) in [5, 5.41) is 0. The van der Waals surface area contributed by atoms with Crippen LogP contribution in [0.5, 0.6) is 5.75 Å². The van der Waals surface area contributed by atoms with Gasteiger partial charge in [-0.15, -0.1) is 0 Å². The molecular formula is C37H32O11. The van der Waals surface area contributed by atoms with Crippen LogP contribution >= 0.6 is 0 Å². The molecule has 0 bridgehead atoms. The molecule has 4 aromatic carbocycles. The number of hydrogen-bond acceptors (Lipinski definition) is 11. The molecule has 0 aliphatic carbocycles. The summed E-state index contributed by atoms with van der Waals surface area (Å²) in [6.07, 6.45) is -7.48. The van der Waals surface area contributed by atoms with E-state index in [2.05, 4.69) is 0 Å². The number of Topliss-reactive ketones (excluding diaryl/α,β-unsaturated/α-hetero) is 1. The minimum absolute atomic E-state index is 0.0786. The summed E-state index contributed by atoms with van der Waals surface area (Å²) in [5.74, 6) is -3.38. The Bertz CT molecular complexity index is 1740. The van der Waals surface area contributed by atoms with Gasteiger partial charge in [-0.05, 0) is 55.5 Å². The Morgan fingerprint density at radius 1 is 0.562 bits per heavy atom. The molecule has 11 heteroatoms. The number of rotatable bonds is 11. The van der Waals surface area contributed by atoms with Gasteiger partial charge in [0.2, 0.25) is 12.4 Å². The Morgan fingerprint density at radius 3 is 1.48 bits per heavy atom. The largest absolute Gasteiger partial charge is 0.463 e. The quantitative estimate of drug-likeness (QED) is 0.119. The van der Waals surface area contributed by atoms with Crippen molar-refractivity contribution in [1.82, 2.24) is 0 Å². The van der Waals surface area contributed by atoms with Crippen LogP contribution in [0.4, 0.5) is 0 Å². The van der Waals surface area contributed by atoms with Gasteiger partial charge in [-0.3, -0.25) is 9.59 Å². The predicted octanol–water partition coefficient (Wildman–Crippen LogP) is 5.23. The maximum Gasteiger partial charge on any atom is 0.338 e. The van der Waals surface area contributed by atoms with Crippen molar-refractivity contribution in [3.05, 3.63) is 138 Å². The third-order valence-electron chi connectivity index (χ3n) is 7.31. The molecule has 1 fully saturated rings. The van der Waals surface area contributed by atoms with Gasteiger partial charge in [0.1, 0.15) is 18.5 Å². The molecule has 5 rings (SSSR count). The summed E-state index contributed by atoms with van der Waals surface area (Å²) < 4.78 is 35.6. The maximum absolute atomic E-state index is 13.6. The smallest absolute Gasteiger partial charge is 0.338 e. The number of hydrogen-bond donors (Lipinski definition) is 0. The van der Waals surface area contributed by atoms with Crippen molar-refractivity contribution in [3.8, 4) is 5.75 Å². The normalized spacial score (nSPS) is 20.1. The minimum atomic E-state index is -1.58. The van der Waals surface area contributed by atoms with Crippen LogP contribution in [-0.4, -0.2) is 67.0 Å². The van der Waals surface area contributed by atoms with Gasteiger partial charge >= 0.3 is 23.9 Å². The van der Waals surface area contributed by atoms with E-state index in [1.807, 2.05) is 0 Å². The van der Waals surface area contributed by atoms with Gasteiger partial charge in [-0.1, -0.05) is 66.7 Å². The highest BCUT2D eigenvalue weighted by Crippen LogP contribution is 2.33. The SMILES string of the molecule is CC(=O)OC[C@H]1O[C@@H](Oc2ccccc2C(C)=O)[C@H](OC(=O)c2ccccc2)[C@@H](OC(=O)c2ccccc2)[C@@H]1OC(=O)c1ccccc1. The first-order valence-electron chi connectivity index (χ1n) is 15.0. The van der Waals surface area contributed by atoms with E-state index in [0.29, 0.717) is 0 Å². The molecule has 0 saturated carbocycles. The van der Waals surface area contributed by atoms with E-state index in [1.54, 1.807) is 72.8 Å². The Balaban J connectivity index is 1.61. The van der Waals surface area contributed by atoms with Gasteiger partial charge < -0.3 is 28.4 Å². The number of esters is 4. The molecule has 1 saturated heterocycles. The number of ether oxygens (including phenoxy) is 6. The summed E-state index contributed by atoms with van der Waals surface area (Å²) in [7, 11) is 0. The number of para-hydroxylation sites is 1. The zero-order valence-electron chi connectivity index (χ0n) is 26.1. The van der Waals surface area contributed by atoms with E-state index in [4.69, 9.17) is 28.4 Å². The van der Waals surface area contributed by atoms with E-state index in [0.717, 1.165) is 0 Å². The minimum Gasteiger partial charge on any atom is -0.463 e. The summed E-state index contributed by atoms with van der Waals surface area (Å²) in [4.78, 5) is 65.0. The molecule has 1 aliphatic rings. The molecule has 246 valence electrons. The molecule has 0 spiro atoms. The molecule has 0 radical (unpaired) electrons. The van der Waals surface area contributed by atoms with Gasteiger partial charge in [0, 0.05) is 6.92 Å². The molecule has 0 aromatic heterocycles. The molecule has 0 unspecified atom stereocenters. The predicted molar refractivity (Wildman–Crippen MR) is 169 cm³/mol. The summed E-state index contributed by atoms with van der Waals surface area (Å²) in [6, 6.07) is 30.4. The first kappa shape index (κ1) is 33.6. The second kappa shape index (κ2) is 15.7. The van der Waals surface area contributed by atoms with Gasteiger partial charge in [-0.25, -0.2) is 14.4 Å². The van der Waals surface area contributed by atoms with Crippen LogP contribution in [0, 0.1) is 0 Å². The van der Waals surface area contributed by atoms with E-state index < -0.39 is 61.2 Å². The first-order valence-corrected chi connectivity index (χ1v) is 15.0. The fraction of sp³-hybridized carbons (Fsp3) is 0.216. The van der Waals surface area contributed by atoms with Crippen LogP contribution in [-0.2, 0) is 28.5 Å². The summed E-state index contributed by atoms with van der Waals surface area (Å²) in [5.41, 5.74) is 0.680. The molecule has 0 N–H and O–H groups in total. The van der Waals surface area contributed by atoms with E-state index in [1.165, 1.54) is 56.3 Å². The molecule has 5 atom stereocenters. The number of ketones is 1. The van der Waals surface area contributed by atoms with Gasteiger partial charge in [0.25, 0.3) is 0 Å². The molecule has 1 heterocycles.